The molecule has 1 aromatic rings. The first-order valence-corrected chi connectivity index (χ1v) is 10.5. The van der Waals surface area contributed by atoms with Gasteiger partial charge in [0, 0.05) is 27.7 Å². The van der Waals surface area contributed by atoms with Crippen molar-refractivity contribution >= 4 is 43.3 Å². The van der Waals surface area contributed by atoms with Gasteiger partial charge in [0.2, 0.25) is 5.78 Å². The van der Waals surface area contributed by atoms with Gasteiger partial charge in [-0.2, -0.15) is 0 Å². The lowest BCUT2D eigenvalue weighted by atomic mass is 9.57. The fourth-order valence-electron chi connectivity index (χ4n) is 5.77. The number of aliphatic hydroxyl groups is 2. The van der Waals surface area contributed by atoms with Crippen molar-refractivity contribution in [3.05, 3.63) is 37.6 Å². The van der Waals surface area contributed by atoms with E-state index in [9.17, 15) is 15.0 Å². The molecule has 1 fully saturated rings. The number of piperidine rings is 1. The van der Waals surface area contributed by atoms with Crippen LogP contribution in [0.2, 0.25) is 0 Å². The minimum Gasteiger partial charge on any atom is -0.390 e. The number of nitrogens with zero attached hydrogens (tertiary/aromatic N) is 1. The Hall–Kier alpha value is -0.930. The number of aliphatic hydroxyl groups excluding tert-OH is 2. The molecule has 4 N–H and O–H groups in total. The van der Waals surface area contributed by atoms with Gasteiger partial charge in [-0.25, -0.2) is 0 Å². The van der Waals surface area contributed by atoms with E-state index in [0.29, 0.717) is 29.7 Å². The molecule has 0 radical (unpaired) electrons. The van der Waals surface area contributed by atoms with Gasteiger partial charge in [0.05, 0.1) is 28.5 Å². The Morgan fingerprint density at radius 1 is 1.31 bits per heavy atom. The molecule has 3 aliphatic heterocycles. The lowest BCUT2D eigenvalue weighted by molar-refractivity contribution is -0.0625. The molecule has 5 unspecified atom stereocenters. The number of fused-ring (bicyclic) bond motifs is 2. The van der Waals surface area contributed by atoms with Gasteiger partial charge in [0.25, 0.3) is 0 Å². The monoisotopic (exact) mass is 481 g/mol. The first-order chi connectivity index (χ1) is 12.5. The third-order valence-corrected chi connectivity index (χ3v) is 8.21. The van der Waals surface area contributed by atoms with Crippen molar-refractivity contribution in [1.29, 1.82) is 0 Å². The van der Waals surface area contributed by atoms with Crippen molar-refractivity contribution < 1.29 is 15.0 Å². The Bertz CT molecular complexity index is 952. The Kier molecular flexibility index (Phi) is 3.03. The first kappa shape index (κ1) is 16.1. The largest absolute Gasteiger partial charge is 0.390 e. The zero-order valence-corrected chi connectivity index (χ0v) is 16.9. The Labute approximate surface area is 166 Å². The number of aromatic amines is 1. The average Bonchev–Trinajstić information content (AvgIpc) is 2.96. The number of nitrogens with one attached hydrogen (secondary N) is 2. The van der Waals surface area contributed by atoms with E-state index in [1.165, 1.54) is 0 Å². The van der Waals surface area contributed by atoms with Gasteiger partial charge in [-0.05, 0) is 46.5 Å². The quantitative estimate of drug-likeness (QED) is 0.447. The second kappa shape index (κ2) is 4.91. The molecule has 5 aliphatic rings. The summed E-state index contributed by atoms with van der Waals surface area (Å²) in [7, 11) is 0. The second-order valence-electron chi connectivity index (χ2n) is 7.82. The summed E-state index contributed by atoms with van der Waals surface area (Å²) in [5.41, 5.74) is 4.11. The van der Waals surface area contributed by atoms with Crippen LogP contribution in [0.1, 0.15) is 28.0 Å². The van der Waals surface area contributed by atoms with Crippen molar-refractivity contribution in [3.63, 3.8) is 0 Å². The third kappa shape index (κ3) is 1.59. The van der Waals surface area contributed by atoms with E-state index in [0.717, 1.165) is 33.4 Å². The molecule has 1 aromatic heterocycles. The van der Waals surface area contributed by atoms with Crippen LogP contribution in [0, 0.1) is 5.41 Å². The predicted molar refractivity (Wildman–Crippen MR) is 102 cm³/mol. The van der Waals surface area contributed by atoms with E-state index >= 15 is 0 Å². The lowest BCUT2D eigenvalue weighted by Crippen LogP contribution is -2.69. The summed E-state index contributed by atoms with van der Waals surface area (Å²) in [5.74, 6) is 0.0351. The topological polar surface area (TPSA) is 88.6 Å². The molecular weight excluding hydrogens is 466 g/mol. The smallest absolute Gasteiger partial charge is 0.200 e. The van der Waals surface area contributed by atoms with Crippen LogP contribution in [0.3, 0.4) is 0 Å². The molecule has 5 atom stereocenters. The van der Waals surface area contributed by atoms with Crippen LogP contribution < -0.4 is 5.32 Å². The normalized spacial score (nSPS) is 39.8. The molecule has 1 saturated heterocycles. The highest BCUT2D eigenvalue weighted by molar-refractivity contribution is 9.11. The molecule has 0 aromatic carbocycles. The van der Waals surface area contributed by atoms with E-state index in [4.69, 9.17) is 0 Å². The molecule has 2 aliphatic carbocycles. The van der Waals surface area contributed by atoms with Crippen molar-refractivity contribution in [1.82, 2.24) is 15.2 Å². The van der Waals surface area contributed by atoms with Gasteiger partial charge < -0.3 is 25.4 Å². The Morgan fingerprint density at radius 2 is 2.12 bits per heavy atom. The van der Waals surface area contributed by atoms with Crippen LogP contribution in [0.4, 0.5) is 0 Å². The zero-order valence-electron chi connectivity index (χ0n) is 13.7. The number of carbonyl (C=O) groups is 1. The summed E-state index contributed by atoms with van der Waals surface area (Å²) in [6.07, 6.45) is 1.92. The summed E-state index contributed by atoms with van der Waals surface area (Å²) in [6, 6.07) is -0.845. The maximum Gasteiger partial charge on any atom is 0.200 e. The fourth-order valence-corrected chi connectivity index (χ4v) is 7.05. The maximum absolute atomic E-state index is 13.3. The fraction of sp³-hybridized carbons (Fsp3) is 0.500. The average molecular weight is 483 g/mol. The molecule has 26 heavy (non-hydrogen) atoms. The zero-order chi connectivity index (χ0) is 18.0. The maximum atomic E-state index is 13.3. The summed E-state index contributed by atoms with van der Waals surface area (Å²) in [5, 5.41) is 25.5. The van der Waals surface area contributed by atoms with E-state index in [2.05, 4.69) is 47.1 Å². The van der Waals surface area contributed by atoms with E-state index in [-0.39, 0.29) is 5.78 Å². The number of halogens is 2. The van der Waals surface area contributed by atoms with E-state index < -0.39 is 29.7 Å². The lowest BCUT2D eigenvalue weighted by Gasteiger charge is -2.60. The minimum absolute atomic E-state index is 0.0351. The molecule has 136 valence electrons. The van der Waals surface area contributed by atoms with E-state index in [1.807, 2.05) is 6.08 Å². The summed E-state index contributed by atoms with van der Waals surface area (Å²) < 4.78 is 1.57. The third-order valence-electron chi connectivity index (χ3n) is 6.83. The number of aromatic nitrogens is 1. The minimum atomic E-state index is -0.775. The Morgan fingerprint density at radius 3 is 2.92 bits per heavy atom. The molecule has 4 heterocycles. The number of hydrogen-bond donors (Lipinski definition) is 4. The number of carbonyl (C=O) groups excluding carboxylic acids is 1. The SMILES string of the molecule is O=C1c2[nH]c(Br)c3c2C2=C4C1NCCC41C=C(Br)C(O)C(C1O)N2CC3. The van der Waals surface area contributed by atoms with Crippen LogP contribution in [0.25, 0.3) is 5.70 Å². The van der Waals surface area contributed by atoms with Crippen LogP contribution >= 0.6 is 31.9 Å². The molecule has 2 bridgehead atoms. The molecule has 0 saturated carbocycles. The van der Waals surface area contributed by atoms with Crippen molar-refractivity contribution in [2.45, 2.75) is 37.1 Å². The standard InChI is InChI=1S/C18H17Br2N3O3/c19-7-5-18-2-3-21-11-9(18)12-8-6(17(20)22-10(8)15(11)25)1-4-23(12)13(14(7)24)16(18)26/h5,11,13-14,16,21-22,24,26H,1-4H2. The molecule has 6 rings (SSSR count). The first-order valence-electron chi connectivity index (χ1n) is 8.89. The summed E-state index contributed by atoms with van der Waals surface area (Å²) in [6.45, 7) is 1.35. The number of hydrogen-bond acceptors (Lipinski definition) is 5. The molecule has 8 heteroatoms. The van der Waals surface area contributed by atoms with Crippen molar-refractivity contribution in [2.24, 2.45) is 5.41 Å². The van der Waals surface area contributed by atoms with Crippen LogP contribution in [-0.2, 0) is 6.42 Å². The van der Waals surface area contributed by atoms with E-state index in [1.54, 1.807) is 0 Å². The highest BCUT2D eigenvalue weighted by Crippen LogP contribution is 2.59. The van der Waals surface area contributed by atoms with Gasteiger partial charge in [0.1, 0.15) is 6.10 Å². The number of Topliss-reactive ketones (excluding diaryl/α,β-unsaturated/α-hetero) is 1. The van der Waals surface area contributed by atoms with Crippen LogP contribution in [0.5, 0.6) is 0 Å². The highest BCUT2D eigenvalue weighted by Gasteiger charge is 2.62. The molecule has 6 nitrogen and oxygen atoms in total. The molecule has 0 amide bonds. The predicted octanol–water partition coefficient (Wildman–Crippen LogP) is 1.29. The second-order valence-corrected chi connectivity index (χ2v) is 9.53. The number of rotatable bonds is 0. The highest BCUT2D eigenvalue weighted by atomic mass is 79.9. The Balaban J connectivity index is 1.76. The van der Waals surface area contributed by atoms with Crippen LogP contribution in [0.15, 0.2) is 20.7 Å². The van der Waals surface area contributed by atoms with Crippen molar-refractivity contribution in [3.8, 4) is 0 Å². The van der Waals surface area contributed by atoms with Crippen molar-refractivity contribution in [2.75, 3.05) is 13.1 Å². The van der Waals surface area contributed by atoms with Gasteiger partial charge in [-0.15, -0.1) is 0 Å². The number of H-pyrrole nitrogens is 1. The summed E-state index contributed by atoms with van der Waals surface area (Å²) >= 11 is 7.11. The van der Waals surface area contributed by atoms with Gasteiger partial charge >= 0.3 is 0 Å². The van der Waals surface area contributed by atoms with Gasteiger partial charge in [-0.1, -0.05) is 22.0 Å². The van der Waals surface area contributed by atoms with Gasteiger partial charge in [-0.3, -0.25) is 4.79 Å². The van der Waals surface area contributed by atoms with Gasteiger partial charge in [0.15, 0.2) is 0 Å². The molecule has 1 spiro atoms. The summed E-state index contributed by atoms with van der Waals surface area (Å²) in [4.78, 5) is 18.6. The van der Waals surface area contributed by atoms with Crippen LogP contribution in [-0.4, -0.2) is 63.3 Å². The number of ketones is 1. The molecular formula is C18H17Br2N3O3.